The molecule has 2 fully saturated rings. The van der Waals surface area contributed by atoms with Crippen LogP contribution in [0.15, 0.2) is 24.3 Å². The van der Waals surface area contributed by atoms with Gasteiger partial charge in [-0.1, -0.05) is 44.0 Å². The van der Waals surface area contributed by atoms with E-state index in [1.165, 1.54) is 5.56 Å². The Morgan fingerprint density at radius 3 is 2.77 bits per heavy atom. The first kappa shape index (κ1) is 17.1. The first-order valence-corrected chi connectivity index (χ1v) is 9.50. The van der Waals surface area contributed by atoms with Crippen LogP contribution in [0.1, 0.15) is 43.7 Å². The maximum atomic E-state index is 13.0. The van der Waals surface area contributed by atoms with Crippen LogP contribution in [0.2, 0.25) is 0 Å². The monoisotopic (exact) mass is 355 g/mol. The zero-order valence-electron chi connectivity index (χ0n) is 15.2. The van der Waals surface area contributed by atoms with Gasteiger partial charge in [-0.25, -0.2) is 4.79 Å². The van der Waals surface area contributed by atoms with E-state index in [9.17, 15) is 14.4 Å². The van der Waals surface area contributed by atoms with Gasteiger partial charge in [0.25, 0.3) is 5.91 Å². The van der Waals surface area contributed by atoms with Crippen molar-refractivity contribution in [2.75, 3.05) is 13.1 Å². The standard InChI is InChI=1S/C20H25N3O3/c1-14-6-4-5-10-20(14)18(25)23(19(26)21-20)13-17(24)22-11-9-15-7-2-3-8-16(15)12-22/h2-3,7-8,14H,4-6,9-13H2,1H3,(H,21,26)/t14-,20-/m0/s1. The number of carbonyl (C=O) groups is 3. The second-order valence-corrected chi connectivity index (χ2v) is 7.77. The van der Waals surface area contributed by atoms with E-state index < -0.39 is 11.6 Å². The highest BCUT2D eigenvalue weighted by Crippen LogP contribution is 2.38. The van der Waals surface area contributed by atoms with Crippen molar-refractivity contribution in [1.29, 1.82) is 0 Å². The van der Waals surface area contributed by atoms with Crippen molar-refractivity contribution >= 4 is 17.8 Å². The lowest BCUT2D eigenvalue weighted by atomic mass is 9.73. The van der Waals surface area contributed by atoms with E-state index in [0.717, 1.165) is 36.1 Å². The molecule has 2 aliphatic heterocycles. The molecule has 2 atom stereocenters. The Morgan fingerprint density at radius 2 is 2.00 bits per heavy atom. The van der Waals surface area contributed by atoms with Crippen molar-refractivity contribution in [3.8, 4) is 0 Å². The number of hydrogen-bond donors (Lipinski definition) is 1. The van der Waals surface area contributed by atoms with Crippen LogP contribution in [0.3, 0.4) is 0 Å². The molecule has 26 heavy (non-hydrogen) atoms. The molecular formula is C20H25N3O3. The second kappa shape index (κ2) is 6.41. The van der Waals surface area contributed by atoms with Gasteiger partial charge in [-0.2, -0.15) is 0 Å². The number of nitrogens with zero attached hydrogens (tertiary/aromatic N) is 2. The molecule has 2 heterocycles. The summed E-state index contributed by atoms with van der Waals surface area (Å²) in [6.07, 6.45) is 4.42. The Hall–Kier alpha value is -2.37. The van der Waals surface area contributed by atoms with Gasteiger partial charge in [0, 0.05) is 13.1 Å². The van der Waals surface area contributed by atoms with Crippen LogP contribution >= 0.6 is 0 Å². The van der Waals surface area contributed by atoms with Crippen LogP contribution in [0, 0.1) is 5.92 Å². The summed E-state index contributed by atoms with van der Waals surface area (Å²) in [5.74, 6) is -0.279. The molecule has 1 aromatic rings. The average Bonchev–Trinajstić information content (AvgIpc) is 2.89. The third-order valence-electron chi connectivity index (χ3n) is 6.28. The number of rotatable bonds is 2. The first-order chi connectivity index (χ1) is 12.5. The van der Waals surface area contributed by atoms with Crippen molar-refractivity contribution in [2.24, 2.45) is 5.92 Å². The SMILES string of the molecule is C[C@H]1CCCC[C@]12NC(=O)N(CC(=O)N1CCc3ccccc3C1)C2=O. The lowest BCUT2D eigenvalue weighted by Crippen LogP contribution is -2.54. The minimum atomic E-state index is -0.801. The molecule has 1 N–H and O–H groups in total. The van der Waals surface area contributed by atoms with Crippen molar-refractivity contribution < 1.29 is 14.4 Å². The van der Waals surface area contributed by atoms with Crippen LogP contribution in [-0.4, -0.2) is 46.3 Å². The number of imide groups is 1. The minimum absolute atomic E-state index is 0.106. The van der Waals surface area contributed by atoms with Gasteiger partial charge in [0.15, 0.2) is 0 Å². The topological polar surface area (TPSA) is 69.7 Å². The van der Waals surface area contributed by atoms with Crippen molar-refractivity contribution in [2.45, 2.75) is 51.1 Å². The number of amides is 4. The van der Waals surface area contributed by atoms with E-state index in [1.807, 2.05) is 25.1 Å². The quantitative estimate of drug-likeness (QED) is 0.826. The Labute approximate surface area is 153 Å². The highest BCUT2D eigenvalue weighted by atomic mass is 16.2. The molecule has 1 aliphatic carbocycles. The van der Waals surface area contributed by atoms with Gasteiger partial charge in [-0.05, 0) is 36.3 Å². The van der Waals surface area contributed by atoms with Gasteiger partial charge in [0.05, 0.1) is 0 Å². The third-order valence-corrected chi connectivity index (χ3v) is 6.28. The summed E-state index contributed by atoms with van der Waals surface area (Å²) in [5.41, 5.74) is 1.60. The van der Waals surface area contributed by atoms with Gasteiger partial charge < -0.3 is 10.2 Å². The molecule has 138 valence electrons. The molecule has 6 nitrogen and oxygen atoms in total. The first-order valence-electron chi connectivity index (χ1n) is 9.50. The largest absolute Gasteiger partial charge is 0.336 e. The normalized spacial score (nSPS) is 28.3. The van der Waals surface area contributed by atoms with Crippen LogP contribution in [0.5, 0.6) is 0 Å². The van der Waals surface area contributed by atoms with Crippen molar-refractivity contribution in [3.05, 3.63) is 35.4 Å². The van der Waals surface area contributed by atoms with Crippen LogP contribution in [-0.2, 0) is 22.6 Å². The number of hydrogen-bond acceptors (Lipinski definition) is 3. The van der Waals surface area contributed by atoms with Gasteiger partial charge in [0.2, 0.25) is 5.91 Å². The summed E-state index contributed by atoms with van der Waals surface area (Å²) in [6, 6.07) is 7.67. The van der Waals surface area contributed by atoms with E-state index in [4.69, 9.17) is 0 Å². The van der Waals surface area contributed by atoms with Gasteiger partial charge >= 0.3 is 6.03 Å². The van der Waals surface area contributed by atoms with E-state index in [-0.39, 0.29) is 24.3 Å². The van der Waals surface area contributed by atoms with Crippen LogP contribution in [0.4, 0.5) is 4.79 Å². The van der Waals surface area contributed by atoms with Crippen molar-refractivity contribution in [1.82, 2.24) is 15.1 Å². The number of carbonyl (C=O) groups excluding carboxylic acids is 3. The average molecular weight is 355 g/mol. The molecule has 0 unspecified atom stereocenters. The van der Waals surface area contributed by atoms with E-state index in [1.54, 1.807) is 4.90 Å². The fourth-order valence-corrected chi connectivity index (χ4v) is 4.58. The summed E-state index contributed by atoms with van der Waals surface area (Å²) >= 11 is 0. The highest BCUT2D eigenvalue weighted by Gasteiger charge is 2.55. The molecule has 3 aliphatic rings. The summed E-state index contributed by atoms with van der Waals surface area (Å²) < 4.78 is 0. The fraction of sp³-hybridized carbons (Fsp3) is 0.550. The van der Waals surface area contributed by atoms with E-state index >= 15 is 0 Å². The van der Waals surface area contributed by atoms with E-state index in [2.05, 4.69) is 11.4 Å². The molecule has 1 saturated heterocycles. The predicted molar refractivity (Wildman–Crippen MR) is 96.2 cm³/mol. The summed E-state index contributed by atoms with van der Waals surface area (Å²) in [4.78, 5) is 41.1. The number of urea groups is 1. The molecule has 1 spiro atoms. The maximum Gasteiger partial charge on any atom is 0.325 e. The smallest absolute Gasteiger partial charge is 0.325 e. The predicted octanol–water partition coefficient (Wildman–Crippen LogP) is 2.07. The fourth-order valence-electron chi connectivity index (χ4n) is 4.58. The van der Waals surface area contributed by atoms with Gasteiger partial charge in [-0.3, -0.25) is 14.5 Å². The summed E-state index contributed by atoms with van der Waals surface area (Å²) in [6.45, 7) is 3.02. The Morgan fingerprint density at radius 1 is 1.23 bits per heavy atom. The molecule has 6 heteroatoms. The summed E-state index contributed by atoms with van der Waals surface area (Å²) in [7, 11) is 0. The minimum Gasteiger partial charge on any atom is -0.336 e. The molecule has 0 radical (unpaired) electrons. The Kier molecular flexibility index (Phi) is 4.21. The third kappa shape index (κ3) is 2.68. The van der Waals surface area contributed by atoms with Crippen LogP contribution in [0.25, 0.3) is 0 Å². The van der Waals surface area contributed by atoms with Crippen LogP contribution < -0.4 is 5.32 Å². The highest BCUT2D eigenvalue weighted by molar-refractivity contribution is 6.09. The zero-order chi connectivity index (χ0) is 18.3. The number of benzene rings is 1. The molecule has 4 amide bonds. The molecule has 1 saturated carbocycles. The molecule has 0 aromatic heterocycles. The molecule has 1 aromatic carbocycles. The number of nitrogens with one attached hydrogen (secondary N) is 1. The maximum absolute atomic E-state index is 13.0. The molecule has 0 bridgehead atoms. The molecular weight excluding hydrogens is 330 g/mol. The zero-order valence-corrected chi connectivity index (χ0v) is 15.2. The Balaban J connectivity index is 1.46. The van der Waals surface area contributed by atoms with Gasteiger partial charge in [0.1, 0.15) is 12.1 Å². The molecule has 4 rings (SSSR count). The van der Waals surface area contributed by atoms with Gasteiger partial charge in [-0.15, -0.1) is 0 Å². The summed E-state index contributed by atoms with van der Waals surface area (Å²) in [5, 5.41) is 2.91. The van der Waals surface area contributed by atoms with E-state index in [0.29, 0.717) is 19.5 Å². The second-order valence-electron chi connectivity index (χ2n) is 7.77. The number of fused-ring (bicyclic) bond motifs is 1. The lowest BCUT2D eigenvalue weighted by molar-refractivity contribution is -0.141. The van der Waals surface area contributed by atoms with Crippen molar-refractivity contribution in [3.63, 3.8) is 0 Å². The Bertz CT molecular complexity index is 762. The lowest BCUT2D eigenvalue weighted by Gasteiger charge is -2.37.